The van der Waals surface area contributed by atoms with Crippen LogP contribution in [0.2, 0.25) is 0 Å². The molecule has 2 heterocycles. The van der Waals surface area contributed by atoms with Gasteiger partial charge in [0.25, 0.3) is 0 Å². The molecule has 2 aromatic rings. The number of piperidine rings is 1. The molecule has 1 saturated heterocycles. The maximum absolute atomic E-state index is 13.5. The fourth-order valence-corrected chi connectivity index (χ4v) is 3.05. The third-order valence-electron chi connectivity index (χ3n) is 4.22. The van der Waals surface area contributed by atoms with Gasteiger partial charge in [-0.15, -0.1) is 0 Å². The van der Waals surface area contributed by atoms with Crippen molar-refractivity contribution >= 4 is 0 Å². The molecule has 0 saturated carbocycles. The number of para-hydroxylation sites is 1. The van der Waals surface area contributed by atoms with Crippen LogP contribution in [0.5, 0.6) is 5.75 Å². The Morgan fingerprint density at radius 3 is 3.00 bits per heavy atom. The Hall–Kier alpha value is -2.01. The number of ether oxygens (including phenoxy) is 1. The zero-order valence-corrected chi connectivity index (χ0v) is 13.2. The van der Waals surface area contributed by atoms with E-state index in [-0.39, 0.29) is 5.82 Å². The Labute approximate surface area is 136 Å². The predicted octanol–water partition coefficient (Wildman–Crippen LogP) is 3.26. The highest BCUT2D eigenvalue weighted by Gasteiger charge is 2.22. The number of aromatic nitrogens is 2. The van der Waals surface area contributed by atoms with E-state index in [0.717, 1.165) is 31.7 Å². The summed E-state index contributed by atoms with van der Waals surface area (Å²) in [5, 5.41) is 0. The largest absolute Gasteiger partial charge is 0.490 e. The minimum Gasteiger partial charge on any atom is -0.490 e. The third kappa shape index (κ3) is 4.48. The molecule has 0 radical (unpaired) electrons. The van der Waals surface area contributed by atoms with Gasteiger partial charge in [0, 0.05) is 37.6 Å². The highest BCUT2D eigenvalue weighted by molar-refractivity contribution is 5.23. The second-order valence-corrected chi connectivity index (χ2v) is 5.90. The van der Waals surface area contributed by atoms with Crippen LogP contribution in [-0.4, -0.2) is 41.1 Å². The maximum Gasteiger partial charge on any atom is 0.165 e. The number of rotatable bonds is 6. The van der Waals surface area contributed by atoms with E-state index in [1.54, 1.807) is 30.6 Å². The number of benzene rings is 1. The van der Waals surface area contributed by atoms with Crippen LogP contribution in [0.25, 0.3) is 0 Å². The molecule has 3 rings (SSSR count). The van der Waals surface area contributed by atoms with Crippen LogP contribution in [0.15, 0.2) is 42.9 Å². The summed E-state index contributed by atoms with van der Waals surface area (Å²) in [5.41, 5.74) is 1.08. The molecule has 1 aliphatic heterocycles. The summed E-state index contributed by atoms with van der Waals surface area (Å²) >= 11 is 0. The molecular formula is C18H22FN3O. The van der Waals surface area contributed by atoms with E-state index in [0.29, 0.717) is 18.3 Å². The van der Waals surface area contributed by atoms with E-state index in [4.69, 9.17) is 4.74 Å². The van der Waals surface area contributed by atoms with Crippen LogP contribution in [0.1, 0.15) is 30.9 Å². The van der Waals surface area contributed by atoms with Gasteiger partial charge in [-0.25, -0.2) is 4.39 Å². The zero-order valence-electron chi connectivity index (χ0n) is 13.2. The second-order valence-electron chi connectivity index (χ2n) is 5.90. The highest BCUT2D eigenvalue weighted by Crippen LogP contribution is 2.25. The summed E-state index contributed by atoms with van der Waals surface area (Å²) in [6, 6.07) is 6.54. The number of hydrogen-bond acceptors (Lipinski definition) is 4. The molecule has 1 atom stereocenters. The molecule has 122 valence electrons. The van der Waals surface area contributed by atoms with E-state index in [2.05, 4.69) is 14.9 Å². The molecule has 1 fully saturated rings. The first kappa shape index (κ1) is 15.9. The molecular weight excluding hydrogens is 293 g/mol. The maximum atomic E-state index is 13.5. The quantitative estimate of drug-likeness (QED) is 0.767. The van der Waals surface area contributed by atoms with Crippen LogP contribution in [-0.2, 0) is 0 Å². The average molecular weight is 315 g/mol. The van der Waals surface area contributed by atoms with Crippen molar-refractivity contribution in [1.82, 2.24) is 14.9 Å². The van der Waals surface area contributed by atoms with Crippen molar-refractivity contribution in [2.24, 2.45) is 0 Å². The lowest BCUT2D eigenvalue weighted by atomic mass is 9.95. The molecule has 0 spiro atoms. The molecule has 1 aromatic carbocycles. The molecule has 1 aromatic heterocycles. The first-order chi connectivity index (χ1) is 11.3. The van der Waals surface area contributed by atoms with E-state index in [9.17, 15) is 4.39 Å². The monoisotopic (exact) mass is 315 g/mol. The van der Waals surface area contributed by atoms with Crippen molar-refractivity contribution in [3.63, 3.8) is 0 Å². The van der Waals surface area contributed by atoms with Gasteiger partial charge in [0.05, 0.1) is 12.3 Å². The Kier molecular flexibility index (Phi) is 5.53. The van der Waals surface area contributed by atoms with Crippen molar-refractivity contribution < 1.29 is 9.13 Å². The number of halogens is 1. The lowest BCUT2D eigenvalue weighted by molar-refractivity contribution is 0.186. The van der Waals surface area contributed by atoms with Gasteiger partial charge in [0.2, 0.25) is 0 Å². The Morgan fingerprint density at radius 1 is 1.26 bits per heavy atom. The van der Waals surface area contributed by atoms with Crippen LogP contribution >= 0.6 is 0 Å². The van der Waals surface area contributed by atoms with Crippen LogP contribution in [0.4, 0.5) is 4.39 Å². The number of hydrogen-bond donors (Lipinski definition) is 0. The molecule has 1 unspecified atom stereocenters. The van der Waals surface area contributed by atoms with Gasteiger partial charge >= 0.3 is 0 Å². The fourth-order valence-electron chi connectivity index (χ4n) is 3.05. The first-order valence-corrected chi connectivity index (χ1v) is 8.18. The van der Waals surface area contributed by atoms with Crippen LogP contribution in [0, 0.1) is 5.82 Å². The average Bonchev–Trinajstić information content (AvgIpc) is 2.61. The summed E-state index contributed by atoms with van der Waals surface area (Å²) in [6.07, 6.45) is 8.58. The standard InChI is InChI=1S/C18H22FN3O/c19-16-6-1-2-7-18(16)23-12-4-11-22-10-3-5-15(14-22)17-13-20-8-9-21-17/h1-2,6-9,13,15H,3-5,10-12,14H2. The third-order valence-corrected chi connectivity index (χ3v) is 4.22. The molecule has 0 bridgehead atoms. The van der Waals surface area contributed by atoms with Gasteiger partial charge in [0.15, 0.2) is 11.6 Å². The summed E-state index contributed by atoms with van der Waals surface area (Å²) in [7, 11) is 0. The molecule has 0 N–H and O–H groups in total. The van der Waals surface area contributed by atoms with Gasteiger partial charge in [-0.05, 0) is 37.9 Å². The predicted molar refractivity (Wildman–Crippen MR) is 87.0 cm³/mol. The van der Waals surface area contributed by atoms with Crippen LogP contribution < -0.4 is 4.74 Å². The molecule has 5 heteroatoms. The van der Waals surface area contributed by atoms with Gasteiger partial charge in [0.1, 0.15) is 0 Å². The van der Waals surface area contributed by atoms with Gasteiger partial charge < -0.3 is 9.64 Å². The van der Waals surface area contributed by atoms with E-state index < -0.39 is 0 Å². The van der Waals surface area contributed by atoms with Crippen LogP contribution in [0.3, 0.4) is 0 Å². The summed E-state index contributed by atoms with van der Waals surface area (Å²) in [5.74, 6) is 0.502. The number of nitrogens with zero attached hydrogens (tertiary/aromatic N) is 3. The molecule has 4 nitrogen and oxygen atoms in total. The molecule has 23 heavy (non-hydrogen) atoms. The van der Waals surface area contributed by atoms with Gasteiger partial charge in [-0.1, -0.05) is 12.1 Å². The smallest absolute Gasteiger partial charge is 0.165 e. The van der Waals surface area contributed by atoms with E-state index >= 15 is 0 Å². The van der Waals surface area contributed by atoms with Crippen molar-refractivity contribution in [3.05, 3.63) is 54.4 Å². The second kappa shape index (κ2) is 8.02. The van der Waals surface area contributed by atoms with E-state index in [1.165, 1.54) is 18.9 Å². The zero-order chi connectivity index (χ0) is 15.9. The van der Waals surface area contributed by atoms with Crippen molar-refractivity contribution in [2.75, 3.05) is 26.2 Å². The van der Waals surface area contributed by atoms with E-state index in [1.807, 2.05) is 6.20 Å². The van der Waals surface area contributed by atoms with Crippen molar-refractivity contribution in [1.29, 1.82) is 0 Å². The topological polar surface area (TPSA) is 38.2 Å². The fraction of sp³-hybridized carbons (Fsp3) is 0.444. The highest BCUT2D eigenvalue weighted by atomic mass is 19.1. The van der Waals surface area contributed by atoms with Gasteiger partial charge in [-0.3, -0.25) is 9.97 Å². The summed E-state index contributed by atoms with van der Waals surface area (Å²) in [4.78, 5) is 11.0. The molecule has 1 aliphatic rings. The first-order valence-electron chi connectivity index (χ1n) is 8.18. The van der Waals surface area contributed by atoms with Crippen molar-refractivity contribution in [2.45, 2.75) is 25.2 Å². The van der Waals surface area contributed by atoms with Gasteiger partial charge in [-0.2, -0.15) is 0 Å². The number of likely N-dealkylation sites (tertiary alicyclic amines) is 1. The Morgan fingerprint density at radius 2 is 2.17 bits per heavy atom. The normalized spacial score (nSPS) is 18.7. The minimum atomic E-state index is -0.298. The minimum absolute atomic E-state index is 0.298. The summed E-state index contributed by atoms with van der Waals surface area (Å²) < 4.78 is 19.0. The molecule has 0 amide bonds. The summed E-state index contributed by atoms with van der Waals surface area (Å²) in [6.45, 7) is 3.62. The Balaban J connectivity index is 1.43. The lowest BCUT2D eigenvalue weighted by Gasteiger charge is -2.32. The lowest BCUT2D eigenvalue weighted by Crippen LogP contribution is -2.35. The Bertz CT molecular complexity index is 608. The SMILES string of the molecule is Fc1ccccc1OCCCN1CCCC(c2cnccn2)C1. The molecule has 0 aliphatic carbocycles. The van der Waals surface area contributed by atoms with Crippen molar-refractivity contribution in [3.8, 4) is 5.75 Å².